The number of carbonyl (C=O) groups is 2. The predicted octanol–water partition coefficient (Wildman–Crippen LogP) is 3.87. The molecule has 0 aliphatic rings. The summed E-state index contributed by atoms with van der Waals surface area (Å²) in [5, 5.41) is 5.66. The average molecular weight is 342 g/mol. The standard InChI is InChI=1S/C19H22N2O2S/c1-3-15-7-9-16(10-8-15)20-18(22)12-24-13-19(23)21-17-6-4-5-14(2)11-17/h4-11H,3,12-13H2,1-2H3,(H,20,22)(H,21,23). The maximum absolute atomic E-state index is 11.9. The number of carbonyl (C=O) groups excluding carboxylic acids is 2. The van der Waals surface area contributed by atoms with E-state index >= 15 is 0 Å². The normalized spacial score (nSPS) is 10.2. The van der Waals surface area contributed by atoms with Gasteiger partial charge in [0.1, 0.15) is 0 Å². The van der Waals surface area contributed by atoms with Crippen LogP contribution in [0.3, 0.4) is 0 Å². The van der Waals surface area contributed by atoms with Crippen molar-refractivity contribution < 1.29 is 9.59 Å². The van der Waals surface area contributed by atoms with Gasteiger partial charge in [-0.3, -0.25) is 9.59 Å². The maximum atomic E-state index is 11.9. The van der Waals surface area contributed by atoms with Crippen molar-refractivity contribution in [2.24, 2.45) is 0 Å². The highest BCUT2D eigenvalue weighted by molar-refractivity contribution is 8.00. The summed E-state index contributed by atoms with van der Waals surface area (Å²) in [4.78, 5) is 23.8. The zero-order valence-corrected chi connectivity index (χ0v) is 14.8. The lowest BCUT2D eigenvalue weighted by Gasteiger charge is -2.07. The summed E-state index contributed by atoms with van der Waals surface area (Å²) in [6, 6.07) is 15.4. The van der Waals surface area contributed by atoms with Gasteiger partial charge in [0.25, 0.3) is 0 Å². The van der Waals surface area contributed by atoms with Crippen LogP contribution in [0.4, 0.5) is 11.4 Å². The van der Waals surface area contributed by atoms with E-state index in [0.717, 1.165) is 23.4 Å². The molecule has 5 heteroatoms. The van der Waals surface area contributed by atoms with Gasteiger partial charge in [0.2, 0.25) is 11.8 Å². The lowest BCUT2D eigenvalue weighted by Crippen LogP contribution is -2.18. The third-order valence-corrected chi connectivity index (χ3v) is 4.35. The Morgan fingerprint density at radius 3 is 2.12 bits per heavy atom. The Labute approximate surface area is 147 Å². The molecule has 0 spiro atoms. The molecule has 2 N–H and O–H groups in total. The van der Waals surface area contributed by atoms with Crippen molar-refractivity contribution in [3.63, 3.8) is 0 Å². The van der Waals surface area contributed by atoms with Gasteiger partial charge in [0.05, 0.1) is 11.5 Å². The molecule has 0 bridgehead atoms. The highest BCUT2D eigenvalue weighted by Gasteiger charge is 2.07. The predicted molar refractivity (Wildman–Crippen MR) is 102 cm³/mol. The van der Waals surface area contributed by atoms with Crippen molar-refractivity contribution in [3.05, 3.63) is 59.7 Å². The first-order valence-electron chi connectivity index (χ1n) is 7.90. The summed E-state index contributed by atoms with van der Waals surface area (Å²) in [5.41, 5.74) is 3.88. The Balaban J connectivity index is 1.70. The fourth-order valence-electron chi connectivity index (χ4n) is 2.18. The molecule has 24 heavy (non-hydrogen) atoms. The molecule has 0 aliphatic heterocycles. The van der Waals surface area contributed by atoms with E-state index in [9.17, 15) is 9.59 Å². The number of benzene rings is 2. The summed E-state index contributed by atoms with van der Waals surface area (Å²) in [6.45, 7) is 4.06. The molecule has 0 unspecified atom stereocenters. The third-order valence-electron chi connectivity index (χ3n) is 3.41. The zero-order chi connectivity index (χ0) is 17.4. The van der Waals surface area contributed by atoms with E-state index in [1.54, 1.807) is 0 Å². The Morgan fingerprint density at radius 1 is 0.917 bits per heavy atom. The highest BCUT2D eigenvalue weighted by Crippen LogP contribution is 2.12. The minimum Gasteiger partial charge on any atom is -0.325 e. The molecule has 126 valence electrons. The van der Waals surface area contributed by atoms with Gasteiger partial charge in [0.15, 0.2) is 0 Å². The van der Waals surface area contributed by atoms with Gasteiger partial charge in [-0.05, 0) is 48.7 Å². The fraction of sp³-hybridized carbons (Fsp3) is 0.263. The van der Waals surface area contributed by atoms with Crippen molar-refractivity contribution in [3.8, 4) is 0 Å². The quantitative estimate of drug-likeness (QED) is 0.803. The van der Waals surface area contributed by atoms with Crippen LogP contribution in [0, 0.1) is 6.92 Å². The van der Waals surface area contributed by atoms with Gasteiger partial charge >= 0.3 is 0 Å². The number of nitrogens with one attached hydrogen (secondary N) is 2. The Hall–Kier alpha value is -2.27. The molecule has 0 radical (unpaired) electrons. The van der Waals surface area contributed by atoms with Crippen molar-refractivity contribution in [1.29, 1.82) is 0 Å². The van der Waals surface area contributed by atoms with Gasteiger partial charge in [-0.25, -0.2) is 0 Å². The topological polar surface area (TPSA) is 58.2 Å². The van der Waals surface area contributed by atoms with E-state index < -0.39 is 0 Å². The van der Waals surface area contributed by atoms with Crippen LogP contribution in [0.2, 0.25) is 0 Å². The van der Waals surface area contributed by atoms with Gasteiger partial charge in [0, 0.05) is 11.4 Å². The molecule has 0 atom stereocenters. The molecular formula is C19H22N2O2S. The van der Waals surface area contributed by atoms with Gasteiger partial charge in [-0.2, -0.15) is 0 Å². The highest BCUT2D eigenvalue weighted by atomic mass is 32.2. The zero-order valence-electron chi connectivity index (χ0n) is 14.0. The summed E-state index contributed by atoms with van der Waals surface area (Å²) >= 11 is 1.30. The first-order valence-corrected chi connectivity index (χ1v) is 9.05. The number of amides is 2. The second-order valence-electron chi connectivity index (χ2n) is 5.51. The van der Waals surface area contributed by atoms with E-state index in [1.807, 2.05) is 55.5 Å². The van der Waals surface area contributed by atoms with Gasteiger partial charge < -0.3 is 10.6 Å². The van der Waals surface area contributed by atoms with Gasteiger partial charge in [-0.15, -0.1) is 11.8 Å². The monoisotopic (exact) mass is 342 g/mol. The molecule has 2 aromatic rings. The minimum absolute atomic E-state index is 0.104. The SMILES string of the molecule is CCc1ccc(NC(=O)CSCC(=O)Nc2cccc(C)c2)cc1. The van der Waals surface area contributed by atoms with E-state index in [4.69, 9.17) is 0 Å². The molecule has 0 aromatic heterocycles. The second-order valence-corrected chi connectivity index (χ2v) is 6.49. The van der Waals surface area contributed by atoms with Crippen molar-refractivity contribution in [1.82, 2.24) is 0 Å². The van der Waals surface area contributed by atoms with Crippen molar-refractivity contribution >= 4 is 35.0 Å². The third kappa shape index (κ3) is 6.08. The lowest BCUT2D eigenvalue weighted by molar-refractivity contribution is -0.114. The molecule has 2 aromatic carbocycles. The van der Waals surface area contributed by atoms with E-state index in [-0.39, 0.29) is 23.3 Å². The van der Waals surface area contributed by atoms with Crippen LogP contribution in [0.15, 0.2) is 48.5 Å². The summed E-state index contributed by atoms with van der Waals surface area (Å²) in [6.07, 6.45) is 0.972. The van der Waals surface area contributed by atoms with E-state index in [1.165, 1.54) is 17.3 Å². The minimum atomic E-state index is -0.106. The van der Waals surface area contributed by atoms with Crippen molar-refractivity contribution in [2.45, 2.75) is 20.3 Å². The van der Waals surface area contributed by atoms with Crippen molar-refractivity contribution in [2.75, 3.05) is 22.1 Å². The molecule has 4 nitrogen and oxygen atoms in total. The molecule has 0 saturated heterocycles. The number of anilines is 2. The average Bonchev–Trinajstić information content (AvgIpc) is 2.55. The van der Waals surface area contributed by atoms with E-state index in [0.29, 0.717) is 0 Å². The van der Waals surface area contributed by atoms with Crippen LogP contribution in [0.5, 0.6) is 0 Å². The number of thioether (sulfide) groups is 1. The number of hydrogen-bond acceptors (Lipinski definition) is 3. The van der Waals surface area contributed by atoms with E-state index in [2.05, 4.69) is 17.6 Å². The second kappa shape index (κ2) is 9.13. The molecule has 2 amide bonds. The number of aryl methyl sites for hydroxylation is 2. The van der Waals surface area contributed by atoms with Crippen LogP contribution in [0.25, 0.3) is 0 Å². The molecule has 2 rings (SSSR count). The number of hydrogen-bond donors (Lipinski definition) is 2. The Kier molecular flexibility index (Phi) is 6.88. The molecule has 0 saturated carbocycles. The largest absolute Gasteiger partial charge is 0.325 e. The van der Waals surface area contributed by atoms with Crippen LogP contribution in [-0.4, -0.2) is 23.3 Å². The van der Waals surface area contributed by atoms with Gasteiger partial charge in [-0.1, -0.05) is 31.2 Å². The Morgan fingerprint density at radius 2 is 1.54 bits per heavy atom. The summed E-state index contributed by atoms with van der Waals surface area (Å²) in [7, 11) is 0. The van der Waals surface area contributed by atoms with Crippen LogP contribution in [0.1, 0.15) is 18.1 Å². The molecular weight excluding hydrogens is 320 g/mol. The van der Waals surface area contributed by atoms with Crippen LogP contribution >= 0.6 is 11.8 Å². The maximum Gasteiger partial charge on any atom is 0.234 e. The first kappa shape index (κ1) is 18.1. The number of rotatable bonds is 7. The smallest absolute Gasteiger partial charge is 0.234 e. The molecule has 0 fully saturated rings. The lowest BCUT2D eigenvalue weighted by atomic mass is 10.1. The fourth-order valence-corrected chi connectivity index (χ4v) is 2.79. The van der Waals surface area contributed by atoms with Crippen LogP contribution in [-0.2, 0) is 16.0 Å². The molecule has 0 heterocycles. The Bertz CT molecular complexity index is 699. The van der Waals surface area contributed by atoms with Crippen LogP contribution < -0.4 is 10.6 Å². The first-order chi connectivity index (χ1) is 11.6. The summed E-state index contributed by atoms with van der Waals surface area (Å²) in [5.74, 6) is 0.283. The summed E-state index contributed by atoms with van der Waals surface area (Å²) < 4.78 is 0. The molecule has 0 aliphatic carbocycles.